The second-order valence-electron chi connectivity index (χ2n) is 3.10. The summed E-state index contributed by atoms with van der Waals surface area (Å²) in [5.74, 6) is 0. The van der Waals surface area contributed by atoms with E-state index in [0.717, 1.165) is 22.3 Å². The zero-order chi connectivity index (χ0) is 10.3. The van der Waals surface area contributed by atoms with Crippen molar-refractivity contribution < 1.29 is 0 Å². The van der Waals surface area contributed by atoms with E-state index in [1.807, 2.05) is 20.1 Å². The fourth-order valence-corrected chi connectivity index (χ4v) is 1.98. The highest BCUT2D eigenvalue weighted by Gasteiger charge is 2.11. The lowest BCUT2D eigenvalue weighted by molar-refractivity contribution is 1.00. The first kappa shape index (κ1) is 9.80. The van der Waals surface area contributed by atoms with E-state index in [4.69, 9.17) is 11.6 Å². The topological polar surface area (TPSA) is 41.6 Å². The zero-order valence-electron chi connectivity index (χ0n) is 8.18. The van der Waals surface area contributed by atoms with E-state index in [-0.39, 0.29) is 0 Å². The molecule has 2 rings (SSSR count). The fourth-order valence-electron chi connectivity index (χ4n) is 1.35. The molecule has 2 heterocycles. The first-order valence-corrected chi connectivity index (χ1v) is 5.80. The summed E-state index contributed by atoms with van der Waals surface area (Å²) in [6.07, 6.45) is 1.94. The predicted octanol–water partition coefficient (Wildman–Crippen LogP) is 2.95. The monoisotopic (exact) mass is 227 g/mol. The first-order valence-electron chi connectivity index (χ1n) is 4.20. The van der Waals surface area contributed by atoms with Crippen molar-refractivity contribution in [1.82, 2.24) is 15.0 Å². The summed E-state index contributed by atoms with van der Waals surface area (Å²) >= 11 is 7.53. The van der Waals surface area contributed by atoms with Gasteiger partial charge in [-0.25, -0.2) is 9.97 Å². The number of fused-ring (bicyclic) bond motifs is 1. The van der Waals surface area contributed by atoms with Crippen LogP contribution in [0.1, 0.15) is 11.3 Å². The minimum absolute atomic E-state index is 0.496. The maximum atomic E-state index is 6.03. The van der Waals surface area contributed by atoms with Crippen LogP contribution in [0.3, 0.4) is 0 Å². The van der Waals surface area contributed by atoms with Gasteiger partial charge in [0.15, 0.2) is 10.3 Å². The molecule has 0 atom stereocenters. The van der Waals surface area contributed by atoms with Crippen molar-refractivity contribution in [2.75, 3.05) is 6.26 Å². The number of nitrogens with zero attached hydrogens (tertiary/aromatic N) is 2. The molecular weight excluding hydrogens is 218 g/mol. The molecule has 0 unspecified atom stereocenters. The molecule has 3 nitrogen and oxygen atoms in total. The lowest BCUT2D eigenvalue weighted by Gasteiger charge is -1.97. The Morgan fingerprint density at radius 3 is 2.64 bits per heavy atom. The molecule has 0 aliphatic heterocycles. The summed E-state index contributed by atoms with van der Waals surface area (Å²) in [5, 5.41) is 1.21. The molecule has 5 heteroatoms. The Labute approximate surface area is 91.3 Å². The average molecular weight is 228 g/mol. The van der Waals surface area contributed by atoms with Gasteiger partial charge >= 0.3 is 0 Å². The van der Waals surface area contributed by atoms with E-state index in [1.165, 1.54) is 11.8 Å². The highest BCUT2D eigenvalue weighted by Crippen LogP contribution is 2.26. The van der Waals surface area contributed by atoms with E-state index >= 15 is 0 Å². The van der Waals surface area contributed by atoms with Crippen molar-refractivity contribution in [3.8, 4) is 0 Å². The Balaban J connectivity index is 2.83. The van der Waals surface area contributed by atoms with Gasteiger partial charge in [0.2, 0.25) is 0 Å². The molecular formula is C9H10ClN3S. The molecule has 2 aromatic heterocycles. The van der Waals surface area contributed by atoms with Gasteiger partial charge in [0.1, 0.15) is 5.52 Å². The van der Waals surface area contributed by atoms with Gasteiger partial charge in [-0.15, -0.1) is 0 Å². The Hall–Kier alpha value is -0.740. The predicted molar refractivity (Wildman–Crippen MR) is 60.2 cm³/mol. The van der Waals surface area contributed by atoms with Crippen molar-refractivity contribution in [3.63, 3.8) is 0 Å². The highest BCUT2D eigenvalue weighted by molar-refractivity contribution is 7.98. The summed E-state index contributed by atoms with van der Waals surface area (Å²) in [7, 11) is 0. The number of aromatic nitrogens is 3. The van der Waals surface area contributed by atoms with E-state index < -0.39 is 0 Å². The molecule has 0 spiro atoms. The van der Waals surface area contributed by atoms with Crippen LogP contribution in [-0.2, 0) is 0 Å². The van der Waals surface area contributed by atoms with Crippen molar-refractivity contribution >= 4 is 34.4 Å². The van der Waals surface area contributed by atoms with Crippen molar-refractivity contribution in [1.29, 1.82) is 0 Å². The minimum atomic E-state index is 0.496. The lowest BCUT2D eigenvalue weighted by Crippen LogP contribution is -1.88. The van der Waals surface area contributed by atoms with Gasteiger partial charge in [0.25, 0.3) is 0 Å². The third-order valence-corrected chi connectivity index (χ3v) is 3.08. The summed E-state index contributed by atoms with van der Waals surface area (Å²) < 4.78 is 0. The number of thioether (sulfide) groups is 1. The molecule has 0 aliphatic carbocycles. The minimum Gasteiger partial charge on any atom is -0.355 e. The van der Waals surface area contributed by atoms with Crippen LogP contribution in [-0.4, -0.2) is 21.2 Å². The van der Waals surface area contributed by atoms with E-state index in [2.05, 4.69) is 15.0 Å². The third kappa shape index (κ3) is 1.38. The van der Waals surface area contributed by atoms with Gasteiger partial charge in [0.05, 0.1) is 5.52 Å². The van der Waals surface area contributed by atoms with Crippen LogP contribution in [0.15, 0.2) is 5.16 Å². The first-order chi connectivity index (χ1) is 6.63. The average Bonchev–Trinajstić information content (AvgIpc) is 2.45. The van der Waals surface area contributed by atoms with Gasteiger partial charge in [-0.2, -0.15) is 0 Å². The number of aryl methyl sites for hydroxylation is 2. The third-order valence-electron chi connectivity index (χ3n) is 2.26. The maximum absolute atomic E-state index is 6.03. The van der Waals surface area contributed by atoms with Crippen LogP contribution in [0.2, 0.25) is 5.15 Å². The van der Waals surface area contributed by atoms with Gasteiger partial charge in [-0.3, -0.25) is 0 Å². The Bertz CT molecular complexity index is 492. The van der Waals surface area contributed by atoms with Crippen LogP contribution in [0.25, 0.3) is 11.0 Å². The molecule has 2 aromatic rings. The van der Waals surface area contributed by atoms with E-state index in [0.29, 0.717) is 10.3 Å². The van der Waals surface area contributed by atoms with E-state index in [1.54, 1.807) is 0 Å². The standard InChI is InChI=1S/C9H10ClN3S/c1-4-5(2)11-7-6(4)12-9(14-3)13-8(7)10/h11H,1-3H3. The number of aromatic amines is 1. The van der Waals surface area contributed by atoms with Crippen LogP contribution < -0.4 is 0 Å². The van der Waals surface area contributed by atoms with Gasteiger partial charge in [-0.1, -0.05) is 23.4 Å². The Kier molecular flexibility index (Phi) is 2.41. The Morgan fingerprint density at radius 1 is 1.29 bits per heavy atom. The number of hydrogen-bond donors (Lipinski definition) is 1. The number of nitrogens with one attached hydrogen (secondary N) is 1. The lowest BCUT2D eigenvalue weighted by atomic mass is 10.2. The number of H-pyrrole nitrogens is 1. The van der Waals surface area contributed by atoms with Gasteiger partial charge < -0.3 is 4.98 Å². The number of rotatable bonds is 1. The molecule has 0 fully saturated rings. The van der Waals surface area contributed by atoms with Gasteiger partial charge in [-0.05, 0) is 25.7 Å². The van der Waals surface area contributed by atoms with Crippen molar-refractivity contribution in [2.45, 2.75) is 19.0 Å². The molecule has 0 aromatic carbocycles. The SMILES string of the molecule is CSc1nc(Cl)c2[nH]c(C)c(C)c2n1. The second kappa shape index (κ2) is 3.44. The molecule has 0 saturated heterocycles. The molecule has 74 valence electrons. The maximum Gasteiger partial charge on any atom is 0.189 e. The molecule has 0 radical (unpaired) electrons. The zero-order valence-corrected chi connectivity index (χ0v) is 9.75. The highest BCUT2D eigenvalue weighted by atomic mass is 35.5. The molecule has 14 heavy (non-hydrogen) atoms. The van der Waals surface area contributed by atoms with Crippen LogP contribution >= 0.6 is 23.4 Å². The van der Waals surface area contributed by atoms with Crippen molar-refractivity contribution in [2.24, 2.45) is 0 Å². The summed E-state index contributed by atoms with van der Waals surface area (Å²) in [6.45, 7) is 4.04. The van der Waals surface area contributed by atoms with Crippen LogP contribution in [0, 0.1) is 13.8 Å². The number of hydrogen-bond acceptors (Lipinski definition) is 3. The molecule has 0 bridgehead atoms. The van der Waals surface area contributed by atoms with E-state index in [9.17, 15) is 0 Å². The molecule has 1 N–H and O–H groups in total. The molecule has 0 amide bonds. The van der Waals surface area contributed by atoms with Crippen LogP contribution in [0.5, 0.6) is 0 Å². The second-order valence-corrected chi connectivity index (χ2v) is 4.23. The van der Waals surface area contributed by atoms with Crippen molar-refractivity contribution in [3.05, 3.63) is 16.4 Å². The largest absolute Gasteiger partial charge is 0.355 e. The van der Waals surface area contributed by atoms with Gasteiger partial charge in [0, 0.05) is 5.69 Å². The molecule has 0 saturated carbocycles. The quantitative estimate of drug-likeness (QED) is 0.463. The summed E-state index contributed by atoms with van der Waals surface area (Å²) in [4.78, 5) is 11.8. The Morgan fingerprint density at radius 2 is 2.00 bits per heavy atom. The number of halogens is 1. The summed E-state index contributed by atoms with van der Waals surface area (Å²) in [5.41, 5.74) is 3.99. The summed E-state index contributed by atoms with van der Waals surface area (Å²) in [6, 6.07) is 0. The van der Waals surface area contributed by atoms with Crippen LogP contribution in [0.4, 0.5) is 0 Å². The normalized spacial score (nSPS) is 11.1. The smallest absolute Gasteiger partial charge is 0.189 e. The molecule has 0 aliphatic rings. The fraction of sp³-hybridized carbons (Fsp3) is 0.333.